The van der Waals surface area contributed by atoms with E-state index in [-0.39, 0.29) is 5.78 Å². The van der Waals surface area contributed by atoms with E-state index in [0.717, 1.165) is 17.8 Å². The van der Waals surface area contributed by atoms with Crippen LogP contribution in [0.5, 0.6) is 0 Å². The number of ether oxygens (including phenoxy) is 1. The van der Waals surface area contributed by atoms with Gasteiger partial charge in [0.05, 0.1) is 37.1 Å². The highest BCUT2D eigenvalue weighted by molar-refractivity contribution is 5.95. The first kappa shape index (κ1) is 33.8. The Morgan fingerprint density at radius 1 is 1.18 bits per heavy atom. The zero-order chi connectivity index (χ0) is 29.9. The van der Waals surface area contributed by atoms with Crippen LogP contribution in [0.25, 0.3) is 10.9 Å². The maximum atomic E-state index is 11.0. The zero-order valence-electron chi connectivity index (χ0n) is 25.4. The number of carbonyl (C=O) groups is 1. The predicted molar refractivity (Wildman–Crippen MR) is 167 cm³/mol. The molecule has 0 saturated carbocycles. The molecule has 1 atom stereocenters. The quantitative estimate of drug-likeness (QED) is 0.117. The molecule has 1 unspecified atom stereocenters. The van der Waals surface area contributed by atoms with Crippen molar-refractivity contribution < 1.29 is 9.53 Å². The third kappa shape index (κ3) is 12.6. The van der Waals surface area contributed by atoms with E-state index in [2.05, 4.69) is 83.4 Å². The first-order chi connectivity index (χ1) is 19.2. The molecule has 0 aliphatic heterocycles. The second-order valence-electron chi connectivity index (χ2n) is 9.29. The Morgan fingerprint density at radius 3 is 2.45 bits per heavy atom. The topological polar surface area (TPSA) is 85.2 Å². The summed E-state index contributed by atoms with van der Waals surface area (Å²) in [5.41, 5.74) is 5.70. The number of Topliss-reactive ketones (excluding diaryl/α,β-unsaturated/α-hetero) is 1. The van der Waals surface area contributed by atoms with Crippen molar-refractivity contribution in [2.24, 2.45) is 12.0 Å². The number of aryl methyl sites for hydroxylation is 2. The summed E-state index contributed by atoms with van der Waals surface area (Å²) in [4.78, 5) is 15.2. The summed E-state index contributed by atoms with van der Waals surface area (Å²) >= 11 is 0. The molecule has 0 bridgehead atoms. The molecular formula is C33H45N5O2. The van der Waals surface area contributed by atoms with Gasteiger partial charge in [0, 0.05) is 38.4 Å². The number of methoxy groups -OCH3 is 1. The number of aromatic amines is 1. The summed E-state index contributed by atoms with van der Waals surface area (Å²) in [6.07, 6.45) is 12.5. The van der Waals surface area contributed by atoms with Crippen LogP contribution in [0.1, 0.15) is 86.8 Å². The van der Waals surface area contributed by atoms with E-state index in [0.29, 0.717) is 24.4 Å². The molecule has 2 heterocycles. The number of hydrogen-bond donors (Lipinski definition) is 1. The minimum atomic E-state index is 0.146. The fourth-order valence-corrected chi connectivity index (χ4v) is 3.35. The zero-order valence-corrected chi connectivity index (χ0v) is 25.4. The van der Waals surface area contributed by atoms with Crippen LogP contribution in [-0.2, 0) is 18.3 Å². The van der Waals surface area contributed by atoms with Crippen molar-refractivity contribution in [3.05, 3.63) is 83.3 Å². The number of benzene rings is 2. The number of rotatable bonds is 6. The number of nitrogens with one attached hydrogen (secondary N) is 1. The molecule has 0 radical (unpaired) electrons. The van der Waals surface area contributed by atoms with Gasteiger partial charge in [-0.3, -0.25) is 19.6 Å². The lowest BCUT2D eigenvalue weighted by Crippen LogP contribution is -1.94. The van der Waals surface area contributed by atoms with Crippen LogP contribution in [0.15, 0.2) is 66.0 Å². The molecule has 4 rings (SSSR count). The Morgan fingerprint density at radius 2 is 1.90 bits per heavy atom. The summed E-state index contributed by atoms with van der Waals surface area (Å²) < 4.78 is 6.58. The third-order valence-corrected chi connectivity index (χ3v) is 6.06. The lowest BCUT2D eigenvalue weighted by atomic mass is 9.98. The lowest BCUT2D eigenvalue weighted by molar-refractivity contribution is 0.0988. The van der Waals surface area contributed by atoms with Crippen LogP contribution in [0.3, 0.4) is 0 Å². The molecule has 4 aromatic rings. The summed E-state index contributed by atoms with van der Waals surface area (Å²) in [7, 11) is 3.43. The normalized spacial score (nSPS) is 11.0. The van der Waals surface area contributed by atoms with Gasteiger partial charge in [-0.2, -0.15) is 10.2 Å². The third-order valence-electron chi connectivity index (χ3n) is 6.06. The Bertz CT molecular complexity index is 1360. The van der Waals surface area contributed by atoms with Crippen LogP contribution in [0.4, 0.5) is 0 Å². The number of nitrogens with zero attached hydrogens (tertiary/aromatic N) is 4. The number of aromatic nitrogens is 4. The molecule has 2 aromatic heterocycles. The molecule has 2 aromatic carbocycles. The summed E-state index contributed by atoms with van der Waals surface area (Å²) in [5.74, 6) is 3.94. The van der Waals surface area contributed by atoms with Crippen molar-refractivity contribution in [2.75, 3.05) is 7.11 Å². The van der Waals surface area contributed by atoms with Gasteiger partial charge in [0.15, 0.2) is 11.7 Å². The van der Waals surface area contributed by atoms with Crippen LogP contribution in [0, 0.1) is 19.3 Å². The Kier molecular flexibility index (Phi) is 16.1. The van der Waals surface area contributed by atoms with Gasteiger partial charge in [-0.05, 0) is 42.5 Å². The van der Waals surface area contributed by atoms with E-state index in [1.54, 1.807) is 31.2 Å². The number of ketones is 1. The fraction of sp³-hybridized carbons (Fsp3) is 0.394. The highest BCUT2D eigenvalue weighted by Crippen LogP contribution is 2.22. The van der Waals surface area contributed by atoms with Gasteiger partial charge < -0.3 is 4.74 Å². The van der Waals surface area contributed by atoms with Crippen molar-refractivity contribution in [1.82, 2.24) is 20.0 Å². The first-order valence-corrected chi connectivity index (χ1v) is 13.7. The number of fused-ring (bicyclic) bond motifs is 1. The van der Waals surface area contributed by atoms with Gasteiger partial charge in [0.2, 0.25) is 0 Å². The van der Waals surface area contributed by atoms with E-state index in [9.17, 15) is 4.79 Å². The molecule has 7 heteroatoms. The smallest absolute Gasteiger partial charge is 0.179 e. The SMILES string of the molecule is C#CCC.CCC(=O)c1cnn(C)c1.CCC(C)c1ccc2[nH]ncc2c1.COC(C)=NCc1cccc(C)c1. The van der Waals surface area contributed by atoms with Gasteiger partial charge >= 0.3 is 0 Å². The van der Waals surface area contributed by atoms with Gasteiger partial charge in [0.25, 0.3) is 0 Å². The predicted octanol–water partition coefficient (Wildman–Crippen LogP) is 7.68. The Balaban J connectivity index is 0.000000283. The second kappa shape index (κ2) is 19.0. The van der Waals surface area contributed by atoms with E-state index in [4.69, 9.17) is 11.2 Å². The molecule has 0 spiro atoms. The molecule has 0 amide bonds. The van der Waals surface area contributed by atoms with Gasteiger partial charge in [-0.15, -0.1) is 12.3 Å². The fourth-order valence-electron chi connectivity index (χ4n) is 3.35. The number of hydrogen-bond acceptors (Lipinski definition) is 5. The van der Waals surface area contributed by atoms with Crippen molar-refractivity contribution in [3.63, 3.8) is 0 Å². The number of aliphatic imine (C=N–C) groups is 1. The average Bonchev–Trinajstić information content (AvgIpc) is 3.64. The monoisotopic (exact) mass is 543 g/mol. The number of H-pyrrole nitrogens is 1. The summed E-state index contributed by atoms with van der Waals surface area (Å²) in [5, 5.41) is 12.0. The maximum absolute atomic E-state index is 11.0. The minimum absolute atomic E-state index is 0.146. The van der Waals surface area contributed by atoms with E-state index < -0.39 is 0 Å². The van der Waals surface area contributed by atoms with Crippen molar-refractivity contribution >= 4 is 22.6 Å². The van der Waals surface area contributed by atoms with E-state index in [1.165, 1.54) is 28.5 Å². The van der Waals surface area contributed by atoms with Crippen LogP contribution < -0.4 is 0 Å². The standard InChI is InChI=1S/C11H14N2.C11H15NO.C7H10N2O.C4H6/c1-3-8(2)9-4-5-11-10(6-9)7-12-13-11;1-9-5-4-6-11(7-9)8-12-10(2)13-3;1-3-7(10)6-4-8-9(2)5-6;1-3-4-2/h4-8H,3H2,1-2H3,(H,12,13);4-7H,8H2,1-3H3;4-5H,3H2,1-2H3;1H,4H2,2H3. The molecule has 0 saturated heterocycles. The van der Waals surface area contributed by atoms with E-state index >= 15 is 0 Å². The highest BCUT2D eigenvalue weighted by Gasteiger charge is 2.04. The summed E-state index contributed by atoms with van der Waals surface area (Å²) in [6.45, 7) is 12.9. The Labute approximate surface area is 240 Å². The number of terminal acetylenes is 1. The van der Waals surface area contributed by atoms with Gasteiger partial charge in [-0.25, -0.2) is 0 Å². The van der Waals surface area contributed by atoms with Crippen LogP contribution in [0.2, 0.25) is 0 Å². The molecule has 40 heavy (non-hydrogen) atoms. The minimum Gasteiger partial charge on any atom is -0.484 e. The number of carbonyl (C=O) groups excluding carboxylic acids is 1. The van der Waals surface area contributed by atoms with E-state index in [1.807, 2.05) is 33.0 Å². The molecule has 0 fully saturated rings. The maximum Gasteiger partial charge on any atom is 0.179 e. The molecular weight excluding hydrogens is 498 g/mol. The molecule has 7 nitrogen and oxygen atoms in total. The highest BCUT2D eigenvalue weighted by atomic mass is 16.5. The molecule has 0 aliphatic rings. The van der Waals surface area contributed by atoms with Crippen LogP contribution >= 0.6 is 0 Å². The molecule has 0 aliphatic carbocycles. The average molecular weight is 544 g/mol. The van der Waals surface area contributed by atoms with Crippen molar-refractivity contribution in [2.45, 2.75) is 73.3 Å². The van der Waals surface area contributed by atoms with Crippen molar-refractivity contribution in [3.8, 4) is 12.3 Å². The summed E-state index contributed by atoms with van der Waals surface area (Å²) in [6, 6.07) is 14.8. The molecule has 1 N–H and O–H groups in total. The van der Waals surface area contributed by atoms with Crippen LogP contribution in [-0.4, -0.2) is 38.8 Å². The van der Waals surface area contributed by atoms with Crippen molar-refractivity contribution in [1.29, 1.82) is 0 Å². The second-order valence-corrected chi connectivity index (χ2v) is 9.29. The van der Waals surface area contributed by atoms with Gasteiger partial charge in [-0.1, -0.05) is 63.6 Å². The molecule has 214 valence electrons. The Hall–Kier alpha value is -4.18. The first-order valence-electron chi connectivity index (χ1n) is 13.7. The lowest BCUT2D eigenvalue weighted by Gasteiger charge is -2.07. The van der Waals surface area contributed by atoms with Gasteiger partial charge in [0.1, 0.15) is 0 Å². The largest absolute Gasteiger partial charge is 0.484 e.